The monoisotopic (exact) mass is 317 g/mol. The minimum atomic E-state index is -0.114. The highest BCUT2D eigenvalue weighted by atomic mass is 32.2. The number of anilines is 1. The largest absolute Gasteiger partial charge is 0.495 e. The predicted octanol–water partition coefficient (Wildman–Crippen LogP) is 3.14. The second-order valence-electron chi connectivity index (χ2n) is 4.97. The molecule has 1 amide bonds. The zero-order chi connectivity index (χ0) is 16.1. The number of thioether (sulfide) groups is 1. The smallest absolute Gasteiger partial charge is 0.234 e. The maximum Gasteiger partial charge on any atom is 0.234 e. The second-order valence-corrected chi connectivity index (χ2v) is 5.92. The van der Waals surface area contributed by atoms with E-state index >= 15 is 0 Å². The van der Waals surface area contributed by atoms with E-state index in [-0.39, 0.29) is 11.7 Å². The second kappa shape index (κ2) is 7.26. The van der Waals surface area contributed by atoms with E-state index in [1.165, 1.54) is 11.8 Å². The van der Waals surface area contributed by atoms with Crippen LogP contribution in [0.4, 0.5) is 5.69 Å². The van der Waals surface area contributed by atoms with Gasteiger partial charge in [-0.2, -0.15) is 0 Å². The molecule has 0 spiro atoms. The molecule has 6 heteroatoms. The van der Waals surface area contributed by atoms with Crippen molar-refractivity contribution in [3.63, 3.8) is 0 Å². The number of rotatable bonds is 5. The third kappa shape index (κ3) is 4.46. The summed E-state index contributed by atoms with van der Waals surface area (Å²) in [5, 5.41) is 3.48. The molecule has 1 heterocycles. The zero-order valence-electron chi connectivity index (χ0n) is 13.1. The number of carbonyl (C=O) groups excluding carboxylic acids is 1. The van der Waals surface area contributed by atoms with Crippen LogP contribution in [0, 0.1) is 20.8 Å². The van der Waals surface area contributed by atoms with Crippen molar-refractivity contribution in [2.75, 3.05) is 18.2 Å². The molecule has 0 aliphatic carbocycles. The van der Waals surface area contributed by atoms with Crippen molar-refractivity contribution in [2.24, 2.45) is 0 Å². The van der Waals surface area contributed by atoms with Gasteiger partial charge >= 0.3 is 0 Å². The van der Waals surface area contributed by atoms with Gasteiger partial charge in [0.25, 0.3) is 0 Å². The molecule has 0 atom stereocenters. The molecule has 0 fully saturated rings. The van der Waals surface area contributed by atoms with Gasteiger partial charge in [0.2, 0.25) is 5.91 Å². The van der Waals surface area contributed by atoms with Gasteiger partial charge in [0.15, 0.2) is 5.16 Å². The SMILES string of the molecule is COc1ccc(C)cc1NC(=O)CSc1nc(C)cc(C)n1. The third-order valence-electron chi connectivity index (χ3n) is 2.92. The molecule has 22 heavy (non-hydrogen) atoms. The van der Waals surface area contributed by atoms with Crippen molar-refractivity contribution in [3.05, 3.63) is 41.2 Å². The number of amides is 1. The first-order chi connectivity index (χ1) is 10.5. The summed E-state index contributed by atoms with van der Waals surface area (Å²) < 4.78 is 5.25. The number of carbonyl (C=O) groups is 1. The Kier molecular flexibility index (Phi) is 5.38. The minimum absolute atomic E-state index is 0.114. The number of aryl methyl sites for hydroxylation is 3. The molecular formula is C16H19N3O2S. The molecule has 1 aromatic carbocycles. The van der Waals surface area contributed by atoms with Crippen LogP contribution in [-0.2, 0) is 4.79 Å². The highest BCUT2D eigenvalue weighted by Gasteiger charge is 2.10. The number of aromatic nitrogens is 2. The number of ether oxygens (including phenoxy) is 1. The fourth-order valence-corrected chi connectivity index (χ4v) is 2.74. The van der Waals surface area contributed by atoms with Crippen LogP contribution in [0.15, 0.2) is 29.4 Å². The summed E-state index contributed by atoms with van der Waals surface area (Å²) in [4.78, 5) is 20.7. The van der Waals surface area contributed by atoms with Gasteiger partial charge in [0, 0.05) is 11.4 Å². The highest BCUT2D eigenvalue weighted by molar-refractivity contribution is 7.99. The Morgan fingerprint density at radius 3 is 2.50 bits per heavy atom. The predicted molar refractivity (Wildman–Crippen MR) is 88.6 cm³/mol. The van der Waals surface area contributed by atoms with E-state index < -0.39 is 0 Å². The lowest BCUT2D eigenvalue weighted by Crippen LogP contribution is -2.15. The van der Waals surface area contributed by atoms with Gasteiger partial charge in [0.1, 0.15) is 5.75 Å². The van der Waals surface area contributed by atoms with E-state index in [0.29, 0.717) is 16.6 Å². The number of benzene rings is 1. The van der Waals surface area contributed by atoms with Gasteiger partial charge in [-0.25, -0.2) is 9.97 Å². The Morgan fingerprint density at radius 2 is 1.86 bits per heavy atom. The zero-order valence-corrected chi connectivity index (χ0v) is 14.0. The van der Waals surface area contributed by atoms with Crippen LogP contribution in [0.2, 0.25) is 0 Å². The molecule has 116 valence electrons. The van der Waals surface area contributed by atoms with Crippen LogP contribution in [0.1, 0.15) is 17.0 Å². The van der Waals surface area contributed by atoms with Gasteiger partial charge in [-0.15, -0.1) is 0 Å². The molecule has 1 N–H and O–H groups in total. The Bertz CT molecular complexity index is 669. The number of hydrogen-bond donors (Lipinski definition) is 1. The Balaban J connectivity index is 2.00. The van der Waals surface area contributed by atoms with Crippen LogP contribution in [0.5, 0.6) is 5.75 Å². The standard InChI is InChI=1S/C16H19N3O2S/c1-10-5-6-14(21-4)13(7-10)19-15(20)9-22-16-17-11(2)8-12(3)18-16/h5-8H,9H2,1-4H3,(H,19,20). The molecule has 0 saturated carbocycles. The van der Waals surface area contributed by atoms with Crippen molar-refractivity contribution in [1.82, 2.24) is 9.97 Å². The Morgan fingerprint density at radius 1 is 1.18 bits per heavy atom. The number of nitrogens with one attached hydrogen (secondary N) is 1. The van der Waals surface area contributed by atoms with Crippen LogP contribution >= 0.6 is 11.8 Å². The molecule has 0 aliphatic rings. The summed E-state index contributed by atoms with van der Waals surface area (Å²) >= 11 is 1.32. The summed E-state index contributed by atoms with van der Waals surface area (Å²) in [5.41, 5.74) is 3.53. The van der Waals surface area contributed by atoms with Crippen LogP contribution < -0.4 is 10.1 Å². The molecule has 0 aliphatic heterocycles. The van der Waals surface area contributed by atoms with Crippen LogP contribution in [0.3, 0.4) is 0 Å². The van der Waals surface area contributed by atoms with Gasteiger partial charge in [-0.3, -0.25) is 4.79 Å². The fraction of sp³-hybridized carbons (Fsp3) is 0.312. The van der Waals surface area contributed by atoms with Crippen LogP contribution in [0.25, 0.3) is 0 Å². The summed E-state index contributed by atoms with van der Waals surface area (Å²) in [6.07, 6.45) is 0. The van der Waals surface area contributed by atoms with E-state index in [0.717, 1.165) is 17.0 Å². The first kappa shape index (κ1) is 16.3. The summed E-state index contributed by atoms with van der Waals surface area (Å²) in [5.74, 6) is 0.781. The molecule has 1 aromatic heterocycles. The summed E-state index contributed by atoms with van der Waals surface area (Å²) in [7, 11) is 1.58. The molecule has 0 radical (unpaired) electrons. The van der Waals surface area contributed by atoms with Crippen molar-refractivity contribution in [1.29, 1.82) is 0 Å². The van der Waals surface area contributed by atoms with Crippen molar-refractivity contribution < 1.29 is 9.53 Å². The first-order valence-electron chi connectivity index (χ1n) is 6.87. The molecule has 0 saturated heterocycles. The number of hydrogen-bond acceptors (Lipinski definition) is 5. The van der Waals surface area contributed by atoms with E-state index in [1.807, 2.05) is 45.0 Å². The maximum absolute atomic E-state index is 12.1. The highest BCUT2D eigenvalue weighted by Crippen LogP contribution is 2.25. The normalized spacial score (nSPS) is 10.4. The topological polar surface area (TPSA) is 64.1 Å². The number of methoxy groups -OCH3 is 1. The van der Waals surface area contributed by atoms with Gasteiger partial charge in [0.05, 0.1) is 18.6 Å². The summed E-state index contributed by atoms with van der Waals surface area (Å²) in [6, 6.07) is 7.56. The Hall–Kier alpha value is -2.08. The quantitative estimate of drug-likeness (QED) is 0.678. The van der Waals surface area contributed by atoms with Gasteiger partial charge in [-0.1, -0.05) is 17.8 Å². The lowest BCUT2D eigenvalue weighted by molar-refractivity contribution is -0.113. The lowest BCUT2D eigenvalue weighted by atomic mass is 10.2. The molecule has 2 rings (SSSR count). The number of nitrogens with zero attached hydrogens (tertiary/aromatic N) is 2. The van der Waals surface area contributed by atoms with Crippen molar-refractivity contribution in [2.45, 2.75) is 25.9 Å². The van der Waals surface area contributed by atoms with Crippen molar-refractivity contribution >= 4 is 23.4 Å². The molecule has 0 unspecified atom stereocenters. The minimum Gasteiger partial charge on any atom is -0.495 e. The molecular weight excluding hydrogens is 298 g/mol. The van der Waals surface area contributed by atoms with E-state index in [4.69, 9.17) is 4.74 Å². The van der Waals surface area contributed by atoms with Gasteiger partial charge < -0.3 is 10.1 Å². The molecule has 2 aromatic rings. The van der Waals surface area contributed by atoms with E-state index in [9.17, 15) is 4.79 Å². The molecule has 5 nitrogen and oxygen atoms in total. The maximum atomic E-state index is 12.1. The Labute approximate surface area is 134 Å². The van der Waals surface area contributed by atoms with Crippen molar-refractivity contribution in [3.8, 4) is 5.75 Å². The van der Waals surface area contributed by atoms with E-state index in [1.54, 1.807) is 7.11 Å². The first-order valence-corrected chi connectivity index (χ1v) is 7.86. The van der Waals surface area contributed by atoms with E-state index in [2.05, 4.69) is 15.3 Å². The lowest BCUT2D eigenvalue weighted by Gasteiger charge is -2.10. The molecule has 0 bridgehead atoms. The average molecular weight is 317 g/mol. The summed E-state index contributed by atoms with van der Waals surface area (Å²) in [6.45, 7) is 5.79. The van der Waals surface area contributed by atoms with Gasteiger partial charge in [-0.05, 0) is 44.5 Å². The third-order valence-corrected chi connectivity index (χ3v) is 3.77. The van der Waals surface area contributed by atoms with Crippen LogP contribution in [-0.4, -0.2) is 28.7 Å². The fourth-order valence-electron chi connectivity index (χ4n) is 1.99. The average Bonchev–Trinajstić information content (AvgIpc) is 2.44.